The van der Waals surface area contributed by atoms with Crippen molar-refractivity contribution in [1.29, 1.82) is 0 Å². The number of halogens is 1. The van der Waals surface area contributed by atoms with Crippen molar-refractivity contribution in [2.45, 2.75) is 32.2 Å². The van der Waals surface area contributed by atoms with Crippen LogP contribution in [0.1, 0.15) is 24.8 Å². The van der Waals surface area contributed by atoms with Gasteiger partial charge < -0.3 is 14.2 Å². The number of nitrogens with zero attached hydrogens (tertiary/aromatic N) is 1. The zero-order valence-electron chi connectivity index (χ0n) is 11.1. The van der Waals surface area contributed by atoms with Crippen LogP contribution in [0.15, 0.2) is 16.6 Å². The van der Waals surface area contributed by atoms with Gasteiger partial charge in [-0.05, 0) is 35.2 Å². The van der Waals surface area contributed by atoms with Crippen LogP contribution in [0.2, 0.25) is 0 Å². The lowest BCUT2D eigenvalue weighted by Crippen LogP contribution is -2.22. The number of benzene rings is 1. The van der Waals surface area contributed by atoms with E-state index < -0.39 is 4.92 Å². The largest absolute Gasteiger partial charge is 0.496 e. The third-order valence-electron chi connectivity index (χ3n) is 3.11. The molecule has 1 aromatic carbocycles. The molecule has 0 bridgehead atoms. The maximum Gasteiger partial charge on any atom is 0.284 e. The normalized spacial score (nSPS) is 18.8. The molecule has 1 aliphatic heterocycles. The summed E-state index contributed by atoms with van der Waals surface area (Å²) in [5.41, 5.74) is 0.630. The van der Waals surface area contributed by atoms with Gasteiger partial charge in [-0.2, -0.15) is 0 Å². The second-order valence-electron chi connectivity index (χ2n) is 4.48. The summed E-state index contributed by atoms with van der Waals surface area (Å²) in [5, 5.41) is 10.9. The lowest BCUT2D eigenvalue weighted by Gasteiger charge is -2.23. The third kappa shape index (κ3) is 3.68. The van der Waals surface area contributed by atoms with Gasteiger partial charge in [-0.3, -0.25) is 10.1 Å². The first-order valence-electron chi connectivity index (χ1n) is 6.36. The Kier molecular flexibility index (Phi) is 5.33. The van der Waals surface area contributed by atoms with Gasteiger partial charge in [-0.1, -0.05) is 0 Å². The molecule has 1 aromatic rings. The van der Waals surface area contributed by atoms with E-state index >= 15 is 0 Å². The number of hydrogen-bond donors (Lipinski definition) is 0. The van der Waals surface area contributed by atoms with Gasteiger partial charge in [0.2, 0.25) is 0 Å². The van der Waals surface area contributed by atoms with Crippen LogP contribution in [0.5, 0.6) is 5.75 Å². The van der Waals surface area contributed by atoms with Crippen molar-refractivity contribution >= 4 is 21.6 Å². The van der Waals surface area contributed by atoms with Gasteiger partial charge >= 0.3 is 0 Å². The topological polar surface area (TPSA) is 70.8 Å². The van der Waals surface area contributed by atoms with Crippen molar-refractivity contribution in [3.8, 4) is 5.75 Å². The van der Waals surface area contributed by atoms with Crippen LogP contribution in [0, 0.1) is 10.1 Å². The summed E-state index contributed by atoms with van der Waals surface area (Å²) < 4.78 is 16.7. The predicted molar refractivity (Wildman–Crippen MR) is 75.7 cm³/mol. The Bertz CT molecular complexity index is 488. The number of methoxy groups -OCH3 is 1. The Hall–Kier alpha value is -1.18. The summed E-state index contributed by atoms with van der Waals surface area (Å²) in [5.74, 6) is 0.554. The molecule has 1 fully saturated rings. The molecule has 1 aliphatic rings. The molecule has 1 heterocycles. The molecule has 1 atom stereocenters. The molecular formula is C13H16BrNO5. The average Bonchev–Trinajstić information content (AvgIpc) is 2.46. The van der Waals surface area contributed by atoms with Crippen molar-refractivity contribution in [3.63, 3.8) is 0 Å². The van der Waals surface area contributed by atoms with Crippen molar-refractivity contribution in [1.82, 2.24) is 0 Å². The lowest BCUT2D eigenvalue weighted by atomic mass is 10.2. The molecule has 0 aromatic heterocycles. The minimum absolute atomic E-state index is 0.00559. The van der Waals surface area contributed by atoms with E-state index in [2.05, 4.69) is 15.9 Å². The SMILES string of the molecule is COc1cc(Br)c([N+](=O)[O-])cc1COC1CCCCO1. The molecule has 0 saturated carbocycles. The van der Waals surface area contributed by atoms with Crippen LogP contribution < -0.4 is 4.74 Å². The maximum atomic E-state index is 10.9. The Morgan fingerprint density at radius 3 is 2.90 bits per heavy atom. The molecule has 0 radical (unpaired) electrons. The minimum atomic E-state index is -0.440. The standard InChI is InChI=1S/C13H16BrNO5/c1-18-12-7-10(14)11(15(16)17)6-9(12)8-20-13-4-2-3-5-19-13/h6-7,13H,2-5,8H2,1H3. The first kappa shape index (κ1) is 15.2. The van der Waals surface area contributed by atoms with Crippen molar-refractivity contribution < 1.29 is 19.1 Å². The highest BCUT2D eigenvalue weighted by Crippen LogP contribution is 2.33. The molecule has 0 N–H and O–H groups in total. The molecule has 6 nitrogen and oxygen atoms in total. The quantitative estimate of drug-likeness (QED) is 0.604. The lowest BCUT2D eigenvalue weighted by molar-refractivity contribution is -0.385. The maximum absolute atomic E-state index is 10.9. The number of hydrogen-bond acceptors (Lipinski definition) is 5. The van der Waals surface area contributed by atoms with Crippen LogP contribution in [0.25, 0.3) is 0 Å². The Balaban J connectivity index is 2.12. The molecule has 7 heteroatoms. The van der Waals surface area contributed by atoms with Crippen LogP contribution in [-0.2, 0) is 16.1 Å². The number of rotatable bonds is 5. The van der Waals surface area contributed by atoms with E-state index in [0.717, 1.165) is 19.3 Å². The van der Waals surface area contributed by atoms with E-state index in [4.69, 9.17) is 14.2 Å². The summed E-state index contributed by atoms with van der Waals surface area (Å²) >= 11 is 3.16. The fourth-order valence-corrected chi connectivity index (χ4v) is 2.52. The molecule has 0 amide bonds. The molecule has 110 valence electrons. The Morgan fingerprint density at radius 1 is 1.50 bits per heavy atom. The van der Waals surface area contributed by atoms with E-state index in [1.165, 1.54) is 13.2 Å². The van der Waals surface area contributed by atoms with Gasteiger partial charge in [0.1, 0.15) is 5.75 Å². The van der Waals surface area contributed by atoms with Crippen molar-refractivity contribution in [3.05, 3.63) is 32.3 Å². The highest BCUT2D eigenvalue weighted by atomic mass is 79.9. The minimum Gasteiger partial charge on any atom is -0.496 e. The fraction of sp³-hybridized carbons (Fsp3) is 0.538. The second-order valence-corrected chi connectivity index (χ2v) is 5.33. The molecule has 0 spiro atoms. The van der Waals surface area contributed by atoms with Gasteiger partial charge in [0, 0.05) is 24.3 Å². The fourth-order valence-electron chi connectivity index (χ4n) is 2.05. The summed E-state index contributed by atoms with van der Waals surface area (Å²) in [6.07, 6.45) is 2.73. The zero-order chi connectivity index (χ0) is 14.5. The number of ether oxygens (including phenoxy) is 3. The first-order chi connectivity index (χ1) is 9.61. The van der Waals surface area contributed by atoms with E-state index in [9.17, 15) is 10.1 Å². The van der Waals surface area contributed by atoms with Gasteiger partial charge in [-0.15, -0.1) is 0 Å². The van der Waals surface area contributed by atoms with Gasteiger partial charge in [0.15, 0.2) is 6.29 Å². The van der Waals surface area contributed by atoms with Crippen LogP contribution in [0.4, 0.5) is 5.69 Å². The molecule has 0 aliphatic carbocycles. The summed E-state index contributed by atoms with van der Waals surface area (Å²) in [7, 11) is 1.52. The van der Waals surface area contributed by atoms with Crippen LogP contribution >= 0.6 is 15.9 Å². The zero-order valence-corrected chi connectivity index (χ0v) is 12.7. The summed E-state index contributed by atoms with van der Waals surface area (Å²) in [6, 6.07) is 3.05. The number of nitro benzene ring substituents is 1. The van der Waals surface area contributed by atoms with Gasteiger partial charge in [0.25, 0.3) is 5.69 Å². The van der Waals surface area contributed by atoms with E-state index in [-0.39, 0.29) is 18.6 Å². The van der Waals surface area contributed by atoms with Gasteiger partial charge in [0.05, 0.1) is 23.1 Å². The highest BCUT2D eigenvalue weighted by molar-refractivity contribution is 9.10. The predicted octanol–water partition coefficient (Wildman–Crippen LogP) is 3.41. The van der Waals surface area contributed by atoms with E-state index in [1.807, 2.05) is 0 Å². The molecule has 20 heavy (non-hydrogen) atoms. The Labute approximate surface area is 125 Å². The van der Waals surface area contributed by atoms with E-state index in [1.54, 1.807) is 6.07 Å². The second kappa shape index (κ2) is 7.01. The third-order valence-corrected chi connectivity index (χ3v) is 3.74. The Morgan fingerprint density at radius 2 is 2.30 bits per heavy atom. The van der Waals surface area contributed by atoms with Crippen molar-refractivity contribution in [2.24, 2.45) is 0 Å². The van der Waals surface area contributed by atoms with Crippen molar-refractivity contribution in [2.75, 3.05) is 13.7 Å². The smallest absolute Gasteiger partial charge is 0.284 e. The summed E-state index contributed by atoms with van der Waals surface area (Å²) in [4.78, 5) is 10.5. The molecular weight excluding hydrogens is 330 g/mol. The van der Waals surface area contributed by atoms with Crippen LogP contribution in [0.3, 0.4) is 0 Å². The highest BCUT2D eigenvalue weighted by Gasteiger charge is 2.19. The van der Waals surface area contributed by atoms with E-state index in [0.29, 0.717) is 22.4 Å². The number of nitro groups is 1. The van der Waals surface area contributed by atoms with Gasteiger partial charge in [-0.25, -0.2) is 0 Å². The van der Waals surface area contributed by atoms with Crippen LogP contribution in [-0.4, -0.2) is 24.9 Å². The summed E-state index contributed by atoms with van der Waals surface area (Å²) in [6.45, 7) is 0.921. The first-order valence-corrected chi connectivity index (χ1v) is 7.15. The molecule has 1 saturated heterocycles. The average molecular weight is 346 g/mol. The molecule has 1 unspecified atom stereocenters. The molecule has 2 rings (SSSR count). The monoisotopic (exact) mass is 345 g/mol.